The van der Waals surface area contributed by atoms with Crippen molar-refractivity contribution in [1.29, 1.82) is 0 Å². The van der Waals surface area contributed by atoms with E-state index in [4.69, 9.17) is 0 Å². The number of nitrogens with zero attached hydrogens (tertiary/aromatic N) is 2. The van der Waals surface area contributed by atoms with Crippen molar-refractivity contribution in [2.75, 3.05) is 20.6 Å². The molecule has 0 atom stereocenters. The molecule has 0 saturated heterocycles. The maximum absolute atomic E-state index is 11.6. The Bertz CT molecular complexity index is 309. The van der Waals surface area contributed by atoms with E-state index in [-0.39, 0.29) is 5.91 Å². The minimum Gasteiger partial charge on any atom is -0.306 e. The summed E-state index contributed by atoms with van der Waals surface area (Å²) in [4.78, 5) is 15.2. The van der Waals surface area contributed by atoms with Crippen LogP contribution < -0.4 is 0 Å². The second kappa shape index (κ2) is 5.98. The maximum atomic E-state index is 11.6. The summed E-state index contributed by atoms with van der Waals surface area (Å²) in [5.74, 6) is -0.0342. The first-order valence-corrected chi connectivity index (χ1v) is 4.85. The van der Waals surface area contributed by atoms with E-state index in [1.165, 1.54) is 0 Å². The van der Waals surface area contributed by atoms with Crippen LogP contribution in [0.2, 0.25) is 0 Å². The van der Waals surface area contributed by atoms with Crippen LogP contribution in [-0.4, -0.2) is 36.3 Å². The van der Waals surface area contributed by atoms with Gasteiger partial charge in [0.25, 0.3) is 5.91 Å². The summed E-state index contributed by atoms with van der Waals surface area (Å²) in [6, 6.07) is 0. The van der Waals surface area contributed by atoms with Crippen molar-refractivity contribution in [3.63, 3.8) is 0 Å². The molecule has 0 aromatic heterocycles. The van der Waals surface area contributed by atoms with Crippen LogP contribution in [0, 0.1) is 0 Å². The number of likely N-dealkylation sites (N-methyl/N-ethyl adjacent to an activating group) is 1. The van der Waals surface area contributed by atoms with Gasteiger partial charge in [0, 0.05) is 25.0 Å². The van der Waals surface area contributed by atoms with E-state index in [0.29, 0.717) is 0 Å². The predicted octanol–water partition coefficient (Wildman–Crippen LogP) is 1.53. The highest BCUT2D eigenvalue weighted by Gasteiger charge is 2.02. The van der Waals surface area contributed by atoms with Crippen LogP contribution in [0.5, 0.6) is 0 Å². The molecule has 1 heterocycles. The molecule has 80 valence electrons. The Morgan fingerprint density at radius 1 is 1.20 bits per heavy atom. The summed E-state index contributed by atoms with van der Waals surface area (Å²) >= 11 is 0. The van der Waals surface area contributed by atoms with E-state index in [1.54, 1.807) is 23.4 Å². The van der Waals surface area contributed by atoms with Crippen molar-refractivity contribution < 1.29 is 4.79 Å². The van der Waals surface area contributed by atoms with E-state index in [2.05, 4.69) is 0 Å². The first-order valence-electron chi connectivity index (χ1n) is 4.85. The van der Waals surface area contributed by atoms with Gasteiger partial charge >= 0.3 is 0 Å². The van der Waals surface area contributed by atoms with E-state index in [1.807, 2.05) is 49.4 Å². The number of rotatable bonds is 3. The van der Waals surface area contributed by atoms with E-state index < -0.39 is 0 Å². The second-order valence-electron chi connectivity index (χ2n) is 3.48. The summed E-state index contributed by atoms with van der Waals surface area (Å²) in [7, 11) is 3.93. The molecule has 1 rings (SSSR count). The number of carbonyl (C=O) groups excluding carboxylic acids is 1. The lowest BCUT2D eigenvalue weighted by molar-refractivity contribution is -0.121. The fourth-order valence-corrected chi connectivity index (χ4v) is 1.06. The fraction of sp³-hybridized carbons (Fsp3) is 0.250. The van der Waals surface area contributed by atoms with Gasteiger partial charge in [-0.25, -0.2) is 0 Å². The molecule has 1 aliphatic heterocycles. The molecule has 1 amide bonds. The number of hydrogen-bond donors (Lipinski definition) is 0. The van der Waals surface area contributed by atoms with Crippen LogP contribution in [0.3, 0.4) is 0 Å². The fourth-order valence-electron chi connectivity index (χ4n) is 1.06. The quantitative estimate of drug-likeness (QED) is 0.651. The standard InChI is InChI=1S/C12H16N2O/c1-13(2)9-7-8-12(15)14-10-5-3-4-6-11-14/h3-8,10-11H,9H2,1-2H3. The average Bonchev–Trinajstić information content (AvgIpc) is 2.44. The first-order chi connectivity index (χ1) is 7.20. The van der Waals surface area contributed by atoms with Gasteiger partial charge in [0.2, 0.25) is 0 Å². The van der Waals surface area contributed by atoms with E-state index in [0.717, 1.165) is 6.54 Å². The average molecular weight is 204 g/mol. The second-order valence-corrected chi connectivity index (χ2v) is 3.48. The Morgan fingerprint density at radius 2 is 1.80 bits per heavy atom. The van der Waals surface area contributed by atoms with Crippen LogP contribution in [0.15, 0.2) is 48.9 Å². The van der Waals surface area contributed by atoms with Crippen molar-refractivity contribution in [3.8, 4) is 0 Å². The Hall–Kier alpha value is -1.61. The molecule has 0 fully saturated rings. The van der Waals surface area contributed by atoms with Crippen LogP contribution in [0.1, 0.15) is 0 Å². The molecule has 0 aromatic rings. The molecule has 1 aliphatic rings. The van der Waals surface area contributed by atoms with Gasteiger partial charge in [-0.3, -0.25) is 9.69 Å². The molecule has 0 spiro atoms. The van der Waals surface area contributed by atoms with Crippen LogP contribution in [-0.2, 0) is 4.79 Å². The topological polar surface area (TPSA) is 23.6 Å². The lowest BCUT2D eigenvalue weighted by Crippen LogP contribution is -2.18. The highest BCUT2D eigenvalue weighted by atomic mass is 16.2. The molecule has 0 saturated carbocycles. The largest absolute Gasteiger partial charge is 0.306 e. The highest BCUT2D eigenvalue weighted by Crippen LogP contribution is 1.99. The maximum Gasteiger partial charge on any atom is 0.254 e. The summed E-state index contributed by atoms with van der Waals surface area (Å²) in [5, 5.41) is 0. The van der Waals surface area contributed by atoms with E-state index in [9.17, 15) is 4.79 Å². The molecule has 0 bridgehead atoms. The zero-order chi connectivity index (χ0) is 11.1. The van der Waals surface area contributed by atoms with Crippen molar-refractivity contribution >= 4 is 5.91 Å². The zero-order valence-electron chi connectivity index (χ0n) is 9.13. The summed E-state index contributed by atoms with van der Waals surface area (Å²) in [6.07, 6.45) is 14.3. The molecule has 15 heavy (non-hydrogen) atoms. The third-order valence-electron chi connectivity index (χ3n) is 1.81. The molecule has 3 nitrogen and oxygen atoms in total. The van der Waals surface area contributed by atoms with Gasteiger partial charge in [0.15, 0.2) is 0 Å². The Kier molecular flexibility index (Phi) is 4.57. The summed E-state index contributed by atoms with van der Waals surface area (Å²) in [6.45, 7) is 0.769. The van der Waals surface area contributed by atoms with E-state index >= 15 is 0 Å². The molecule has 0 N–H and O–H groups in total. The van der Waals surface area contributed by atoms with Crippen LogP contribution in [0.25, 0.3) is 0 Å². The number of carbonyl (C=O) groups is 1. The first kappa shape index (κ1) is 11.5. The summed E-state index contributed by atoms with van der Waals surface area (Å²) < 4.78 is 0. The van der Waals surface area contributed by atoms with Gasteiger partial charge < -0.3 is 4.90 Å². The molecule has 0 radical (unpaired) electrons. The van der Waals surface area contributed by atoms with Gasteiger partial charge in [0.05, 0.1) is 0 Å². The predicted molar refractivity (Wildman–Crippen MR) is 62.0 cm³/mol. The molecule has 0 unspecified atom stereocenters. The molecule has 0 aromatic carbocycles. The van der Waals surface area contributed by atoms with Gasteiger partial charge in [-0.1, -0.05) is 18.2 Å². The third-order valence-corrected chi connectivity index (χ3v) is 1.81. The smallest absolute Gasteiger partial charge is 0.254 e. The molecule has 3 heteroatoms. The monoisotopic (exact) mass is 204 g/mol. The Balaban J connectivity index is 2.50. The van der Waals surface area contributed by atoms with Gasteiger partial charge in [-0.2, -0.15) is 0 Å². The Morgan fingerprint density at radius 3 is 2.33 bits per heavy atom. The lowest BCUT2D eigenvalue weighted by Gasteiger charge is -2.09. The van der Waals surface area contributed by atoms with Crippen molar-refractivity contribution in [2.45, 2.75) is 0 Å². The normalized spacial score (nSPS) is 15.3. The summed E-state index contributed by atoms with van der Waals surface area (Å²) in [5.41, 5.74) is 0. The van der Waals surface area contributed by atoms with Crippen LogP contribution >= 0.6 is 0 Å². The van der Waals surface area contributed by atoms with Gasteiger partial charge in [-0.05, 0) is 26.2 Å². The molecular formula is C12H16N2O. The lowest BCUT2D eigenvalue weighted by atomic mass is 10.4. The minimum atomic E-state index is -0.0342. The van der Waals surface area contributed by atoms with Crippen molar-refractivity contribution in [2.24, 2.45) is 0 Å². The number of hydrogen-bond acceptors (Lipinski definition) is 2. The number of allylic oxidation sites excluding steroid dienone is 4. The van der Waals surface area contributed by atoms with Gasteiger partial charge in [-0.15, -0.1) is 0 Å². The molecular weight excluding hydrogens is 188 g/mol. The SMILES string of the molecule is CN(C)CC=CC(=O)N1C=CC=CC=C1. The zero-order valence-corrected chi connectivity index (χ0v) is 9.13. The Labute approximate surface area is 90.7 Å². The number of amides is 1. The van der Waals surface area contributed by atoms with Crippen molar-refractivity contribution in [1.82, 2.24) is 9.80 Å². The molecule has 0 aliphatic carbocycles. The third kappa shape index (κ3) is 4.42. The van der Waals surface area contributed by atoms with Crippen LogP contribution in [0.4, 0.5) is 0 Å². The van der Waals surface area contributed by atoms with Gasteiger partial charge in [0.1, 0.15) is 0 Å². The minimum absolute atomic E-state index is 0.0342. The van der Waals surface area contributed by atoms with Crippen molar-refractivity contribution in [3.05, 3.63) is 48.9 Å². The highest BCUT2D eigenvalue weighted by molar-refractivity contribution is 5.89.